The Morgan fingerprint density at radius 2 is 1.09 bits per heavy atom. The van der Waals surface area contributed by atoms with Crippen LogP contribution in [0.4, 0.5) is 5.69 Å². The monoisotopic (exact) mass is 461 g/mol. The summed E-state index contributed by atoms with van der Waals surface area (Å²) >= 11 is 0. The predicted octanol–water partition coefficient (Wildman–Crippen LogP) is 5.57. The van der Waals surface area contributed by atoms with E-state index >= 15 is 0 Å². The number of aryl methyl sites for hydroxylation is 1. The number of para-hydroxylation sites is 1. The third kappa shape index (κ3) is 2.54. The van der Waals surface area contributed by atoms with Crippen LogP contribution in [0.1, 0.15) is 37.5 Å². The molecule has 3 aromatic carbocycles. The van der Waals surface area contributed by atoms with Gasteiger partial charge in [-0.15, -0.1) is 0 Å². The summed E-state index contributed by atoms with van der Waals surface area (Å²) in [5, 5.41) is 0. The van der Waals surface area contributed by atoms with Gasteiger partial charge in [0.1, 0.15) is 0 Å². The second-order valence-electron chi connectivity index (χ2n) is 10.2. The van der Waals surface area contributed by atoms with Crippen molar-refractivity contribution in [1.29, 1.82) is 0 Å². The van der Waals surface area contributed by atoms with Crippen LogP contribution in [0.15, 0.2) is 84.9 Å². The molecule has 2 aliphatic carbocycles. The molecule has 35 heavy (non-hydrogen) atoms. The van der Waals surface area contributed by atoms with E-state index in [0.717, 1.165) is 27.8 Å². The van der Waals surface area contributed by atoms with Gasteiger partial charge in [-0.3, -0.25) is 14.4 Å². The summed E-state index contributed by atoms with van der Waals surface area (Å²) < 4.78 is 0. The Kier molecular flexibility index (Phi) is 4.56. The molecule has 174 valence electrons. The van der Waals surface area contributed by atoms with E-state index in [1.807, 2.05) is 106 Å². The number of carbonyl (C=O) groups is 3. The summed E-state index contributed by atoms with van der Waals surface area (Å²) in [7, 11) is 0. The van der Waals surface area contributed by atoms with E-state index in [-0.39, 0.29) is 17.6 Å². The van der Waals surface area contributed by atoms with Crippen LogP contribution < -0.4 is 4.90 Å². The van der Waals surface area contributed by atoms with Crippen molar-refractivity contribution in [1.82, 2.24) is 0 Å². The maximum absolute atomic E-state index is 14.3. The van der Waals surface area contributed by atoms with Crippen LogP contribution >= 0.6 is 0 Å². The molecule has 1 saturated carbocycles. The molecule has 0 spiro atoms. The average molecular weight is 462 g/mol. The normalized spacial score (nSPS) is 29.3. The molecular formula is C31H27NO3. The zero-order chi connectivity index (χ0) is 24.5. The van der Waals surface area contributed by atoms with E-state index in [0.29, 0.717) is 12.1 Å². The Labute approximate surface area is 205 Å². The number of nitrogens with zero attached hydrogens (tertiary/aromatic N) is 1. The standard InChI is InChI=1S/C31H27NO3/c1-4-19-13-11-12-18-22(19)32-27(33)25-26(28(32)34)31(3)24(21-16-9-6-10-17-21)23(30(25,2)29(31)35)20-14-7-5-8-15-20/h5-18,25-26H,4H2,1-3H3/t25-,26-,30+,31+/m1/s1. The molecule has 1 heterocycles. The highest BCUT2D eigenvalue weighted by molar-refractivity contribution is 6.34. The van der Waals surface area contributed by atoms with Gasteiger partial charge in [-0.2, -0.15) is 0 Å². The van der Waals surface area contributed by atoms with Gasteiger partial charge in [0.15, 0.2) is 5.78 Å². The maximum atomic E-state index is 14.3. The van der Waals surface area contributed by atoms with Crippen molar-refractivity contribution in [3.05, 3.63) is 102 Å². The summed E-state index contributed by atoms with van der Waals surface area (Å²) in [5.74, 6) is -2.00. The van der Waals surface area contributed by atoms with Gasteiger partial charge >= 0.3 is 0 Å². The van der Waals surface area contributed by atoms with E-state index in [9.17, 15) is 14.4 Å². The van der Waals surface area contributed by atoms with Gasteiger partial charge in [-0.1, -0.05) is 85.8 Å². The first-order valence-corrected chi connectivity index (χ1v) is 12.2. The average Bonchev–Trinajstić information content (AvgIpc) is 3.34. The number of amides is 2. The zero-order valence-electron chi connectivity index (χ0n) is 20.1. The molecule has 0 N–H and O–H groups in total. The molecule has 0 radical (unpaired) electrons. The van der Waals surface area contributed by atoms with Crippen LogP contribution in [-0.2, 0) is 20.8 Å². The summed E-state index contributed by atoms with van der Waals surface area (Å²) in [6.45, 7) is 5.79. The third-order valence-electron chi connectivity index (χ3n) is 8.52. The second-order valence-corrected chi connectivity index (χ2v) is 10.2. The molecule has 2 amide bonds. The highest BCUT2D eigenvalue weighted by atomic mass is 16.2. The van der Waals surface area contributed by atoms with Crippen molar-refractivity contribution in [2.24, 2.45) is 22.7 Å². The van der Waals surface area contributed by atoms with Crippen LogP contribution in [-0.4, -0.2) is 17.6 Å². The Hall–Kier alpha value is -3.79. The lowest BCUT2D eigenvalue weighted by Crippen LogP contribution is -2.40. The van der Waals surface area contributed by atoms with E-state index in [1.54, 1.807) is 0 Å². The molecule has 1 saturated heterocycles. The van der Waals surface area contributed by atoms with Crippen molar-refractivity contribution in [2.75, 3.05) is 4.90 Å². The number of allylic oxidation sites excluding steroid dienone is 2. The lowest BCUT2D eigenvalue weighted by atomic mass is 9.63. The lowest BCUT2D eigenvalue weighted by molar-refractivity contribution is -0.133. The molecule has 3 aromatic rings. The maximum Gasteiger partial charge on any atom is 0.239 e. The smallest absolute Gasteiger partial charge is 0.239 e. The van der Waals surface area contributed by atoms with Crippen LogP contribution in [0, 0.1) is 22.7 Å². The Morgan fingerprint density at radius 3 is 1.54 bits per heavy atom. The third-order valence-corrected chi connectivity index (χ3v) is 8.52. The molecule has 3 aliphatic rings. The fourth-order valence-electron chi connectivity index (χ4n) is 7.08. The van der Waals surface area contributed by atoms with Gasteiger partial charge in [0.25, 0.3) is 0 Å². The van der Waals surface area contributed by atoms with Crippen molar-refractivity contribution < 1.29 is 14.4 Å². The highest BCUT2D eigenvalue weighted by Gasteiger charge is 2.78. The minimum absolute atomic E-state index is 0.0252. The van der Waals surface area contributed by atoms with Gasteiger partial charge in [0, 0.05) is 0 Å². The summed E-state index contributed by atoms with van der Waals surface area (Å²) in [4.78, 5) is 43.9. The molecule has 4 atom stereocenters. The number of Topliss-reactive ketones (excluding diaryl/α,β-unsaturated/α-hetero) is 1. The van der Waals surface area contributed by atoms with Crippen molar-refractivity contribution in [3.8, 4) is 0 Å². The molecule has 4 heteroatoms. The Morgan fingerprint density at radius 1 is 0.657 bits per heavy atom. The number of hydrogen-bond donors (Lipinski definition) is 0. The molecular weight excluding hydrogens is 434 g/mol. The SMILES string of the molecule is CCc1ccccc1N1C(=O)[C@H]2[C@H](C1=O)[C@@]1(C)C(=O)[C@@]2(C)C(c2ccccc2)=C1c1ccccc1. The lowest BCUT2D eigenvalue weighted by Gasteiger charge is -2.35. The minimum atomic E-state index is -1.09. The molecule has 0 unspecified atom stereocenters. The number of carbonyl (C=O) groups excluding carboxylic acids is 3. The van der Waals surface area contributed by atoms with E-state index in [2.05, 4.69) is 0 Å². The second kappa shape index (κ2) is 7.35. The molecule has 1 aliphatic heterocycles. The summed E-state index contributed by atoms with van der Waals surface area (Å²) in [6, 6.07) is 27.3. The largest absolute Gasteiger partial charge is 0.298 e. The highest BCUT2D eigenvalue weighted by Crippen LogP contribution is 2.73. The Bertz CT molecular complexity index is 1340. The number of benzene rings is 3. The van der Waals surface area contributed by atoms with Gasteiger partial charge in [0.2, 0.25) is 11.8 Å². The van der Waals surface area contributed by atoms with Crippen LogP contribution in [0.2, 0.25) is 0 Å². The fraction of sp³-hybridized carbons (Fsp3) is 0.258. The van der Waals surface area contributed by atoms with Gasteiger partial charge < -0.3 is 0 Å². The van der Waals surface area contributed by atoms with Crippen molar-refractivity contribution in [2.45, 2.75) is 27.2 Å². The summed E-state index contributed by atoms with van der Waals surface area (Å²) in [5.41, 5.74) is 3.02. The van der Waals surface area contributed by atoms with Crippen molar-refractivity contribution >= 4 is 34.4 Å². The first-order chi connectivity index (χ1) is 16.9. The van der Waals surface area contributed by atoms with E-state index in [1.165, 1.54) is 4.90 Å². The first-order valence-electron chi connectivity index (χ1n) is 12.2. The first kappa shape index (κ1) is 21.7. The molecule has 4 nitrogen and oxygen atoms in total. The Balaban J connectivity index is 1.62. The van der Waals surface area contributed by atoms with Crippen molar-refractivity contribution in [3.63, 3.8) is 0 Å². The molecule has 6 rings (SSSR count). The zero-order valence-corrected chi connectivity index (χ0v) is 20.1. The molecule has 2 fully saturated rings. The molecule has 0 aromatic heterocycles. The number of hydrogen-bond acceptors (Lipinski definition) is 3. The quantitative estimate of drug-likeness (QED) is 0.477. The number of fused-ring (bicyclic) bond motifs is 5. The van der Waals surface area contributed by atoms with E-state index in [4.69, 9.17) is 0 Å². The predicted molar refractivity (Wildman–Crippen MR) is 136 cm³/mol. The molecule has 2 bridgehead atoms. The van der Waals surface area contributed by atoms with Crippen LogP contribution in [0.3, 0.4) is 0 Å². The topological polar surface area (TPSA) is 54.5 Å². The van der Waals surface area contributed by atoms with E-state index < -0.39 is 22.7 Å². The van der Waals surface area contributed by atoms with Crippen LogP contribution in [0.5, 0.6) is 0 Å². The van der Waals surface area contributed by atoms with Gasteiger partial charge in [-0.25, -0.2) is 4.90 Å². The number of rotatable bonds is 4. The van der Waals surface area contributed by atoms with Crippen LogP contribution in [0.25, 0.3) is 11.1 Å². The summed E-state index contributed by atoms with van der Waals surface area (Å²) in [6.07, 6.45) is 0.707. The fourth-order valence-corrected chi connectivity index (χ4v) is 7.08. The number of ketones is 1. The number of imide groups is 1. The van der Waals surface area contributed by atoms with Gasteiger partial charge in [0.05, 0.1) is 28.4 Å². The number of anilines is 1. The minimum Gasteiger partial charge on any atom is -0.298 e. The van der Waals surface area contributed by atoms with Gasteiger partial charge in [-0.05, 0) is 54.2 Å².